The predicted molar refractivity (Wildman–Crippen MR) is 79.9 cm³/mol. The SMILES string of the molecule is COCCOc1cc(-c2ccc(F)cc2)ccc1COC. The summed E-state index contributed by atoms with van der Waals surface area (Å²) in [7, 11) is 3.28. The van der Waals surface area contributed by atoms with Crippen LogP contribution in [0.2, 0.25) is 0 Å². The van der Waals surface area contributed by atoms with E-state index in [1.54, 1.807) is 26.4 Å². The Morgan fingerprint density at radius 3 is 2.24 bits per heavy atom. The molecule has 0 aliphatic rings. The zero-order chi connectivity index (χ0) is 15.1. The summed E-state index contributed by atoms with van der Waals surface area (Å²) in [5.41, 5.74) is 2.89. The molecule has 0 fully saturated rings. The second kappa shape index (κ2) is 7.76. The summed E-state index contributed by atoms with van der Waals surface area (Å²) >= 11 is 0. The fraction of sp³-hybridized carbons (Fsp3) is 0.294. The van der Waals surface area contributed by atoms with Gasteiger partial charge >= 0.3 is 0 Å². The van der Waals surface area contributed by atoms with Crippen molar-refractivity contribution in [2.75, 3.05) is 27.4 Å². The van der Waals surface area contributed by atoms with Crippen molar-refractivity contribution in [3.63, 3.8) is 0 Å². The number of benzene rings is 2. The van der Waals surface area contributed by atoms with Crippen molar-refractivity contribution >= 4 is 0 Å². The Labute approximate surface area is 124 Å². The van der Waals surface area contributed by atoms with E-state index in [0.717, 1.165) is 22.4 Å². The van der Waals surface area contributed by atoms with Gasteiger partial charge in [0.15, 0.2) is 0 Å². The maximum Gasteiger partial charge on any atom is 0.125 e. The summed E-state index contributed by atoms with van der Waals surface area (Å²) in [6.45, 7) is 1.47. The zero-order valence-corrected chi connectivity index (χ0v) is 12.3. The lowest BCUT2D eigenvalue weighted by Gasteiger charge is -2.13. The molecule has 2 aromatic rings. The van der Waals surface area contributed by atoms with Gasteiger partial charge in [0.25, 0.3) is 0 Å². The van der Waals surface area contributed by atoms with Crippen LogP contribution in [0.3, 0.4) is 0 Å². The van der Waals surface area contributed by atoms with Crippen LogP contribution in [0, 0.1) is 5.82 Å². The highest BCUT2D eigenvalue weighted by Crippen LogP contribution is 2.28. The van der Waals surface area contributed by atoms with E-state index in [4.69, 9.17) is 14.2 Å². The van der Waals surface area contributed by atoms with E-state index in [9.17, 15) is 4.39 Å². The summed E-state index contributed by atoms with van der Waals surface area (Å²) in [5, 5.41) is 0. The summed E-state index contributed by atoms with van der Waals surface area (Å²) in [6.07, 6.45) is 0. The first-order chi connectivity index (χ1) is 10.2. The van der Waals surface area contributed by atoms with Crippen molar-refractivity contribution in [1.82, 2.24) is 0 Å². The second-order valence-electron chi connectivity index (χ2n) is 4.60. The molecule has 21 heavy (non-hydrogen) atoms. The molecule has 0 atom stereocenters. The summed E-state index contributed by atoms with van der Waals surface area (Å²) in [6, 6.07) is 12.3. The molecule has 0 saturated carbocycles. The molecule has 0 saturated heterocycles. The van der Waals surface area contributed by atoms with Gasteiger partial charge in [0.05, 0.1) is 13.2 Å². The molecule has 4 heteroatoms. The first kappa shape index (κ1) is 15.5. The van der Waals surface area contributed by atoms with Crippen molar-refractivity contribution in [1.29, 1.82) is 0 Å². The minimum absolute atomic E-state index is 0.244. The van der Waals surface area contributed by atoms with Gasteiger partial charge in [-0.05, 0) is 29.3 Å². The van der Waals surface area contributed by atoms with Crippen LogP contribution in [0.4, 0.5) is 4.39 Å². The van der Waals surface area contributed by atoms with Gasteiger partial charge in [0.2, 0.25) is 0 Å². The highest BCUT2D eigenvalue weighted by Gasteiger charge is 2.07. The van der Waals surface area contributed by atoms with Crippen molar-refractivity contribution in [2.45, 2.75) is 6.61 Å². The van der Waals surface area contributed by atoms with E-state index in [1.807, 2.05) is 18.2 Å². The van der Waals surface area contributed by atoms with Crippen LogP contribution in [0.25, 0.3) is 11.1 Å². The van der Waals surface area contributed by atoms with Gasteiger partial charge in [-0.1, -0.05) is 24.3 Å². The molecule has 0 spiro atoms. The van der Waals surface area contributed by atoms with E-state index >= 15 is 0 Å². The maximum absolute atomic E-state index is 13.0. The number of hydrogen-bond donors (Lipinski definition) is 0. The van der Waals surface area contributed by atoms with E-state index in [2.05, 4.69) is 0 Å². The fourth-order valence-corrected chi connectivity index (χ4v) is 2.02. The molecular formula is C17H19FO3. The van der Waals surface area contributed by atoms with Gasteiger partial charge in [-0.3, -0.25) is 0 Å². The third-order valence-electron chi connectivity index (χ3n) is 3.09. The van der Waals surface area contributed by atoms with Crippen molar-refractivity contribution in [3.05, 3.63) is 53.8 Å². The molecule has 0 bridgehead atoms. The minimum Gasteiger partial charge on any atom is -0.491 e. The molecule has 2 rings (SSSR count). The summed E-state index contributed by atoms with van der Waals surface area (Å²) in [4.78, 5) is 0. The average Bonchev–Trinajstić information content (AvgIpc) is 2.50. The standard InChI is InChI=1S/C17H19FO3/c1-19-9-10-21-17-11-14(3-4-15(17)12-20-2)13-5-7-16(18)8-6-13/h3-8,11H,9-10,12H2,1-2H3. The first-order valence-corrected chi connectivity index (χ1v) is 6.74. The van der Waals surface area contributed by atoms with Gasteiger partial charge < -0.3 is 14.2 Å². The number of methoxy groups -OCH3 is 2. The fourth-order valence-electron chi connectivity index (χ4n) is 2.02. The van der Waals surface area contributed by atoms with Crippen molar-refractivity contribution in [2.24, 2.45) is 0 Å². The molecule has 112 valence electrons. The van der Waals surface area contributed by atoms with Crippen molar-refractivity contribution < 1.29 is 18.6 Å². The normalized spacial score (nSPS) is 10.6. The van der Waals surface area contributed by atoms with Crippen LogP contribution in [0.1, 0.15) is 5.56 Å². The quantitative estimate of drug-likeness (QED) is 0.728. The number of hydrogen-bond acceptors (Lipinski definition) is 3. The Kier molecular flexibility index (Phi) is 5.72. The van der Waals surface area contributed by atoms with Gasteiger partial charge in [0, 0.05) is 19.8 Å². The molecule has 0 radical (unpaired) electrons. The number of ether oxygens (including phenoxy) is 3. The van der Waals surface area contributed by atoms with Crippen LogP contribution in [-0.2, 0) is 16.1 Å². The van der Waals surface area contributed by atoms with Crippen LogP contribution in [0.5, 0.6) is 5.75 Å². The summed E-state index contributed by atoms with van der Waals surface area (Å²) < 4.78 is 28.9. The highest BCUT2D eigenvalue weighted by molar-refractivity contribution is 5.66. The molecule has 0 aliphatic carbocycles. The summed E-state index contributed by atoms with van der Waals surface area (Å²) in [5.74, 6) is 0.516. The van der Waals surface area contributed by atoms with E-state index in [-0.39, 0.29) is 5.82 Å². The molecule has 2 aromatic carbocycles. The van der Waals surface area contributed by atoms with Crippen LogP contribution in [-0.4, -0.2) is 27.4 Å². The van der Waals surface area contributed by atoms with E-state index in [1.165, 1.54) is 12.1 Å². The molecular weight excluding hydrogens is 271 g/mol. The lowest BCUT2D eigenvalue weighted by Crippen LogP contribution is -2.06. The molecule has 0 heterocycles. The number of halogens is 1. The Balaban J connectivity index is 2.26. The molecule has 0 unspecified atom stereocenters. The maximum atomic E-state index is 13.0. The van der Waals surface area contributed by atoms with Gasteiger partial charge in [0.1, 0.15) is 18.2 Å². The van der Waals surface area contributed by atoms with Crippen molar-refractivity contribution in [3.8, 4) is 16.9 Å². The van der Waals surface area contributed by atoms with Crippen LogP contribution >= 0.6 is 0 Å². The largest absolute Gasteiger partial charge is 0.491 e. The van der Waals surface area contributed by atoms with Gasteiger partial charge in [-0.2, -0.15) is 0 Å². The zero-order valence-electron chi connectivity index (χ0n) is 12.3. The lowest BCUT2D eigenvalue weighted by atomic mass is 10.0. The molecule has 0 N–H and O–H groups in total. The minimum atomic E-state index is -0.244. The molecule has 0 aromatic heterocycles. The topological polar surface area (TPSA) is 27.7 Å². The predicted octanol–water partition coefficient (Wildman–Crippen LogP) is 3.66. The molecule has 0 aliphatic heterocycles. The van der Waals surface area contributed by atoms with E-state index < -0.39 is 0 Å². The molecule has 3 nitrogen and oxygen atoms in total. The Bertz CT molecular complexity index is 567. The van der Waals surface area contributed by atoms with Gasteiger partial charge in [-0.25, -0.2) is 4.39 Å². The highest BCUT2D eigenvalue weighted by atomic mass is 19.1. The Hall–Kier alpha value is -1.91. The second-order valence-corrected chi connectivity index (χ2v) is 4.60. The number of rotatable bonds is 7. The average molecular weight is 290 g/mol. The van der Waals surface area contributed by atoms with Crippen LogP contribution < -0.4 is 4.74 Å². The van der Waals surface area contributed by atoms with Crippen LogP contribution in [0.15, 0.2) is 42.5 Å². The smallest absolute Gasteiger partial charge is 0.125 e. The first-order valence-electron chi connectivity index (χ1n) is 6.74. The monoisotopic (exact) mass is 290 g/mol. The molecule has 0 amide bonds. The van der Waals surface area contributed by atoms with E-state index in [0.29, 0.717) is 19.8 Å². The Morgan fingerprint density at radius 2 is 1.57 bits per heavy atom. The third-order valence-corrected chi connectivity index (χ3v) is 3.09. The lowest BCUT2D eigenvalue weighted by molar-refractivity contribution is 0.141. The Morgan fingerprint density at radius 1 is 0.857 bits per heavy atom. The van der Waals surface area contributed by atoms with Gasteiger partial charge in [-0.15, -0.1) is 0 Å². The third kappa shape index (κ3) is 4.28.